The molecule has 1 aromatic heterocycles. The van der Waals surface area contributed by atoms with Crippen LogP contribution in [0.15, 0.2) is 18.3 Å². The highest BCUT2D eigenvalue weighted by molar-refractivity contribution is 5.35. The number of nitrogens with zero attached hydrogens (tertiary/aromatic N) is 1. The summed E-state index contributed by atoms with van der Waals surface area (Å²) in [6.07, 6.45) is 1.68. The summed E-state index contributed by atoms with van der Waals surface area (Å²) < 4.78 is 13.2. The van der Waals surface area contributed by atoms with E-state index < -0.39 is 11.9 Å². The summed E-state index contributed by atoms with van der Waals surface area (Å²) in [4.78, 5) is 3.85. The van der Waals surface area contributed by atoms with Crippen LogP contribution < -0.4 is 5.32 Å². The van der Waals surface area contributed by atoms with E-state index in [1.807, 2.05) is 0 Å². The highest BCUT2D eigenvalue weighted by atomic mass is 19.1. The van der Waals surface area contributed by atoms with Gasteiger partial charge in [0.2, 0.25) is 0 Å². The predicted octanol–water partition coefficient (Wildman–Crippen LogP) is 2.43. The molecule has 0 radical (unpaired) electrons. The number of aliphatic hydroxyl groups is 1. The van der Waals surface area contributed by atoms with Gasteiger partial charge in [0.1, 0.15) is 0 Å². The molecule has 3 nitrogen and oxygen atoms in total. The molecule has 0 saturated heterocycles. The van der Waals surface area contributed by atoms with Crippen LogP contribution in [0.3, 0.4) is 0 Å². The molecule has 0 amide bonds. The van der Waals surface area contributed by atoms with E-state index in [0.29, 0.717) is 13.0 Å². The minimum absolute atomic E-state index is 0.0593. The van der Waals surface area contributed by atoms with Crippen molar-refractivity contribution in [2.24, 2.45) is 5.41 Å². The van der Waals surface area contributed by atoms with Crippen LogP contribution in [-0.4, -0.2) is 22.7 Å². The predicted molar refractivity (Wildman–Crippen MR) is 62.8 cm³/mol. The molecule has 16 heavy (non-hydrogen) atoms. The second kappa shape index (κ2) is 5.25. The highest BCUT2D eigenvalue weighted by Crippen LogP contribution is 2.21. The van der Waals surface area contributed by atoms with E-state index in [9.17, 15) is 9.50 Å². The number of hydrogen-bond acceptors (Lipinski definition) is 3. The first-order valence-electron chi connectivity index (χ1n) is 5.41. The van der Waals surface area contributed by atoms with Crippen LogP contribution in [0.1, 0.15) is 27.2 Å². The number of hydrogen-bond donors (Lipinski definition) is 2. The summed E-state index contributed by atoms with van der Waals surface area (Å²) >= 11 is 0. The van der Waals surface area contributed by atoms with Gasteiger partial charge < -0.3 is 10.4 Å². The molecule has 0 spiro atoms. The van der Waals surface area contributed by atoms with Gasteiger partial charge in [0.15, 0.2) is 11.6 Å². The molecular formula is C12H19FN2O. The maximum absolute atomic E-state index is 13.2. The number of halogens is 1. The van der Waals surface area contributed by atoms with Gasteiger partial charge in [-0.3, -0.25) is 0 Å². The van der Waals surface area contributed by atoms with Gasteiger partial charge in [0, 0.05) is 12.7 Å². The van der Waals surface area contributed by atoms with Crippen LogP contribution >= 0.6 is 0 Å². The Morgan fingerprint density at radius 3 is 2.75 bits per heavy atom. The minimum atomic E-state index is -0.499. The Morgan fingerprint density at radius 2 is 2.19 bits per heavy atom. The standard InChI is InChI=1S/C12H19FN2O/c1-12(2,3)7-9(16)8-15-11-10(13)5-4-6-14-11/h4-6,9,16H,7-8H2,1-3H3,(H,14,15). The van der Waals surface area contributed by atoms with Crippen molar-refractivity contribution in [2.45, 2.75) is 33.3 Å². The molecule has 0 aromatic carbocycles. The Hall–Kier alpha value is -1.16. The van der Waals surface area contributed by atoms with Crippen molar-refractivity contribution in [3.05, 3.63) is 24.1 Å². The van der Waals surface area contributed by atoms with E-state index in [-0.39, 0.29) is 11.2 Å². The second-order valence-corrected chi connectivity index (χ2v) is 5.13. The van der Waals surface area contributed by atoms with E-state index in [1.165, 1.54) is 18.3 Å². The third-order valence-electron chi connectivity index (χ3n) is 2.11. The molecule has 4 heteroatoms. The van der Waals surface area contributed by atoms with Crippen molar-refractivity contribution in [3.8, 4) is 0 Å². The average Bonchev–Trinajstić information content (AvgIpc) is 2.14. The molecule has 0 aliphatic carbocycles. The van der Waals surface area contributed by atoms with Gasteiger partial charge in [-0.2, -0.15) is 0 Å². The molecule has 0 aliphatic rings. The Balaban J connectivity index is 2.43. The van der Waals surface area contributed by atoms with Crippen molar-refractivity contribution in [2.75, 3.05) is 11.9 Å². The zero-order valence-electron chi connectivity index (χ0n) is 10.00. The van der Waals surface area contributed by atoms with Crippen LogP contribution in [0.5, 0.6) is 0 Å². The zero-order chi connectivity index (χ0) is 12.2. The van der Waals surface area contributed by atoms with E-state index in [1.54, 1.807) is 0 Å². The summed E-state index contributed by atoms with van der Waals surface area (Å²) in [5.41, 5.74) is 0.0593. The lowest BCUT2D eigenvalue weighted by Crippen LogP contribution is -2.25. The summed E-state index contributed by atoms with van der Waals surface area (Å²) in [5.74, 6) is -0.207. The normalized spacial score (nSPS) is 13.6. The summed E-state index contributed by atoms with van der Waals surface area (Å²) in [7, 11) is 0. The number of anilines is 1. The number of rotatable bonds is 4. The highest BCUT2D eigenvalue weighted by Gasteiger charge is 2.16. The Labute approximate surface area is 95.7 Å². The van der Waals surface area contributed by atoms with Crippen LogP contribution in [0.2, 0.25) is 0 Å². The third kappa shape index (κ3) is 4.57. The Morgan fingerprint density at radius 1 is 1.50 bits per heavy atom. The van der Waals surface area contributed by atoms with Gasteiger partial charge in [-0.05, 0) is 24.0 Å². The maximum Gasteiger partial charge on any atom is 0.165 e. The maximum atomic E-state index is 13.2. The van der Waals surface area contributed by atoms with Gasteiger partial charge in [-0.15, -0.1) is 0 Å². The van der Waals surface area contributed by atoms with E-state index >= 15 is 0 Å². The first-order chi connectivity index (χ1) is 7.38. The molecule has 0 saturated carbocycles. The molecule has 0 fully saturated rings. The second-order valence-electron chi connectivity index (χ2n) is 5.13. The zero-order valence-corrected chi connectivity index (χ0v) is 10.00. The number of nitrogens with one attached hydrogen (secondary N) is 1. The molecular weight excluding hydrogens is 207 g/mol. The van der Waals surface area contributed by atoms with Gasteiger partial charge in [-0.25, -0.2) is 9.37 Å². The van der Waals surface area contributed by atoms with Gasteiger partial charge in [0.05, 0.1) is 6.10 Å². The lowest BCUT2D eigenvalue weighted by molar-refractivity contribution is 0.132. The Kier molecular flexibility index (Phi) is 4.24. The molecule has 0 bridgehead atoms. The molecule has 1 heterocycles. The van der Waals surface area contributed by atoms with Gasteiger partial charge in [0.25, 0.3) is 0 Å². The lowest BCUT2D eigenvalue weighted by Gasteiger charge is -2.22. The third-order valence-corrected chi connectivity index (χ3v) is 2.11. The van der Waals surface area contributed by atoms with Gasteiger partial charge >= 0.3 is 0 Å². The Bertz CT molecular complexity index is 336. The summed E-state index contributed by atoms with van der Waals surface area (Å²) in [6.45, 7) is 6.47. The number of aliphatic hydroxyl groups excluding tert-OH is 1. The van der Waals surface area contributed by atoms with Crippen molar-refractivity contribution in [1.29, 1.82) is 0 Å². The first kappa shape index (κ1) is 12.9. The quantitative estimate of drug-likeness (QED) is 0.828. The first-order valence-corrected chi connectivity index (χ1v) is 5.41. The van der Waals surface area contributed by atoms with Crippen LogP contribution in [0, 0.1) is 11.2 Å². The van der Waals surface area contributed by atoms with Crippen LogP contribution in [0.25, 0.3) is 0 Å². The van der Waals surface area contributed by atoms with Crippen LogP contribution in [-0.2, 0) is 0 Å². The molecule has 1 rings (SSSR count). The van der Waals surface area contributed by atoms with E-state index in [0.717, 1.165) is 0 Å². The largest absolute Gasteiger partial charge is 0.391 e. The lowest BCUT2D eigenvalue weighted by atomic mass is 9.89. The average molecular weight is 226 g/mol. The molecule has 1 atom stereocenters. The number of aromatic nitrogens is 1. The number of pyridine rings is 1. The monoisotopic (exact) mass is 226 g/mol. The van der Waals surface area contributed by atoms with E-state index in [4.69, 9.17) is 0 Å². The molecule has 1 aromatic rings. The molecule has 0 aliphatic heterocycles. The smallest absolute Gasteiger partial charge is 0.165 e. The van der Waals surface area contributed by atoms with Crippen LogP contribution in [0.4, 0.5) is 10.2 Å². The van der Waals surface area contributed by atoms with Crippen molar-refractivity contribution in [1.82, 2.24) is 4.98 Å². The molecule has 2 N–H and O–H groups in total. The molecule has 90 valence electrons. The SMILES string of the molecule is CC(C)(C)CC(O)CNc1ncccc1F. The van der Waals surface area contributed by atoms with Crippen molar-refractivity contribution < 1.29 is 9.50 Å². The fourth-order valence-electron chi connectivity index (χ4n) is 1.51. The summed E-state index contributed by atoms with van der Waals surface area (Å²) in [6, 6.07) is 2.87. The van der Waals surface area contributed by atoms with Crippen molar-refractivity contribution >= 4 is 5.82 Å². The summed E-state index contributed by atoms with van der Waals surface area (Å²) in [5, 5.41) is 12.5. The van der Waals surface area contributed by atoms with E-state index in [2.05, 4.69) is 31.1 Å². The fraction of sp³-hybridized carbons (Fsp3) is 0.583. The molecule has 1 unspecified atom stereocenters. The fourth-order valence-corrected chi connectivity index (χ4v) is 1.51. The minimum Gasteiger partial charge on any atom is -0.391 e. The topological polar surface area (TPSA) is 45.1 Å². The van der Waals surface area contributed by atoms with Gasteiger partial charge in [-0.1, -0.05) is 20.8 Å². The van der Waals surface area contributed by atoms with Crippen molar-refractivity contribution in [3.63, 3.8) is 0 Å².